The molecular weight excluding hydrogens is 335 g/mol. The Kier molecular flexibility index (Phi) is 4.03. The molecule has 0 unspecified atom stereocenters. The molecule has 108 valence electrons. The van der Waals surface area contributed by atoms with E-state index in [1.807, 2.05) is 12.1 Å². The number of amides is 1. The van der Waals surface area contributed by atoms with Gasteiger partial charge in [-0.15, -0.1) is 0 Å². The molecule has 0 atom stereocenters. The second kappa shape index (κ2) is 5.95. The van der Waals surface area contributed by atoms with E-state index in [-0.39, 0.29) is 10.0 Å². The maximum Gasteiger partial charge on any atom is 0.258 e. The summed E-state index contributed by atoms with van der Waals surface area (Å²) in [5.74, 6) is -0.981. The van der Waals surface area contributed by atoms with E-state index in [1.165, 1.54) is 11.6 Å². The Balaban J connectivity index is 1.90. The summed E-state index contributed by atoms with van der Waals surface area (Å²) in [4.78, 5) is 12.3. The van der Waals surface area contributed by atoms with E-state index in [4.69, 9.17) is 0 Å². The largest absolute Gasteiger partial charge is 0.322 e. The zero-order valence-corrected chi connectivity index (χ0v) is 12.8. The van der Waals surface area contributed by atoms with Crippen LogP contribution in [0.25, 0.3) is 0 Å². The van der Waals surface area contributed by atoms with Crippen molar-refractivity contribution >= 4 is 27.5 Å². The van der Waals surface area contributed by atoms with Gasteiger partial charge in [0.1, 0.15) is 5.82 Å². The van der Waals surface area contributed by atoms with Crippen molar-refractivity contribution < 1.29 is 9.18 Å². The van der Waals surface area contributed by atoms with Gasteiger partial charge >= 0.3 is 0 Å². The number of nitrogens with one attached hydrogen (secondary N) is 2. The second-order valence-corrected chi connectivity index (χ2v) is 5.78. The van der Waals surface area contributed by atoms with Crippen LogP contribution >= 0.6 is 15.9 Å². The molecule has 0 saturated carbocycles. The molecule has 1 amide bonds. The molecule has 5 heteroatoms. The third kappa shape index (κ3) is 2.84. The molecule has 21 heavy (non-hydrogen) atoms. The van der Waals surface area contributed by atoms with E-state index < -0.39 is 11.7 Å². The van der Waals surface area contributed by atoms with Gasteiger partial charge in [-0.1, -0.05) is 18.2 Å². The number of carbonyl (C=O) groups excluding carboxylic acids is 1. The molecule has 2 aromatic carbocycles. The minimum atomic E-state index is -0.544. The molecule has 2 aromatic rings. The number of fused-ring (bicyclic) bond motifs is 1. The highest BCUT2D eigenvalue weighted by molar-refractivity contribution is 9.10. The summed E-state index contributed by atoms with van der Waals surface area (Å²) in [6.45, 7) is 1.65. The van der Waals surface area contributed by atoms with Crippen LogP contribution in [0.2, 0.25) is 0 Å². The molecule has 3 rings (SSSR count). The van der Waals surface area contributed by atoms with Gasteiger partial charge in [0.15, 0.2) is 0 Å². The zero-order valence-electron chi connectivity index (χ0n) is 11.2. The van der Waals surface area contributed by atoms with Gasteiger partial charge in [0.25, 0.3) is 5.91 Å². The first-order valence-corrected chi connectivity index (χ1v) is 7.53. The van der Waals surface area contributed by atoms with E-state index in [0.717, 1.165) is 24.2 Å². The van der Waals surface area contributed by atoms with Gasteiger partial charge < -0.3 is 10.6 Å². The zero-order chi connectivity index (χ0) is 14.8. The number of carbonyl (C=O) groups is 1. The van der Waals surface area contributed by atoms with Gasteiger partial charge in [0, 0.05) is 12.2 Å². The molecule has 0 radical (unpaired) electrons. The number of hydrogen-bond donors (Lipinski definition) is 2. The van der Waals surface area contributed by atoms with Gasteiger partial charge in [-0.25, -0.2) is 4.39 Å². The number of benzene rings is 2. The van der Waals surface area contributed by atoms with Crippen LogP contribution in [0.4, 0.5) is 10.1 Å². The van der Waals surface area contributed by atoms with Crippen LogP contribution in [0.3, 0.4) is 0 Å². The first-order chi connectivity index (χ1) is 10.2. The average Bonchev–Trinajstić information content (AvgIpc) is 2.50. The molecular formula is C16H14BrFN2O. The molecule has 1 heterocycles. The second-order valence-electron chi connectivity index (χ2n) is 4.93. The molecule has 0 aliphatic carbocycles. The molecule has 2 N–H and O–H groups in total. The summed E-state index contributed by atoms with van der Waals surface area (Å²) in [6.07, 6.45) is 0.935. The average molecular weight is 349 g/mol. The lowest BCUT2D eigenvalue weighted by Crippen LogP contribution is -2.25. The smallest absolute Gasteiger partial charge is 0.258 e. The number of rotatable bonds is 2. The minimum absolute atomic E-state index is 0.0331. The van der Waals surface area contributed by atoms with Crippen molar-refractivity contribution in [3.8, 4) is 0 Å². The Morgan fingerprint density at radius 2 is 2.05 bits per heavy atom. The normalized spacial score (nSPS) is 13.6. The Bertz CT molecular complexity index is 703. The van der Waals surface area contributed by atoms with Gasteiger partial charge in [0.05, 0.1) is 10.0 Å². The van der Waals surface area contributed by atoms with Gasteiger partial charge in [-0.3, -0.25) is 4.79 Å². The van der Waals surface area contributed by atoms with Crippen LogP contribution in [-0.2, 0) is 13.0 Å². The Morgan fingerprint density at radius 3 is 2.90 bits per heavy atom. The Labute approximate surface area is 130 Å². The van der Waals surface area contributed by atoms with Crippen molar-refractivity contribution in [3.05, 3.63) is 63.4 Å². The van der Waals surface area contributed by atoms with Crippen LogP contribution in [-0.4, -0.2) is 12.5 Å². The maximum atomic E-state index is 14.0. The van der Waals surface area contributed by atoms with E-state index in [9.17, 15) is 9.18 Å². The molecule has 0 aromatic heterocycles. The summed E-state index contributed by atoms with van der Waals surface area (Å²) in [7, 11) is 0. The lowest BCUT2D eigenvalue weighted by molar-refractivity contribution is 0.102. The molecule has 0 saturated heterocycles. The van der Waals surface area contributed by atoms with Gasteiger partial charge in [-0.05, 0) is 58.2 Å². The summed E-state index contributed by atoms with van der Waals surface area (Å²) >= 11 is 3.09. The SMILES string of the molecule is O=C(Nc1cccc2c1CNCC2)c1cccc(Br)c1F. The van der Waals surface area contributed by atoms with E-state index in [0.29, 0.717) is 6.54 Å². The maximum absolute atomic E-state index is 14.0. The molecule has 1 aliphatic rings. The number of hydrogen-bond acceptors (Lipinski definition) is 2. The Hall–Kier alpha value is -1.72. The molecule has 3 nitrogen and oxygen atoms in total. The van der Waals surface area contributed by atoms with Crippen molar-refractivity contribution in [2.24, 2.45) is 0 Å². The van der Waals surface area contributed by atoms with Crippen LogP contribution < -0.4 is 10.6 Å². The first kappa shape index (κ1) is 14.2. The number of anilines is 1. The summed E-state index contributed by atoms with van der Waals surface area (Å²) in [6, 6.07) is 10.5. The van der Waals surface area contributed by atoms with Gasteiger partial charge in [-0.2, -0.15) is 0 Å². The van der Waals surface area contributed by atoms with Crippen LogP contribution in [0.15, 0.2) is 40.9 Å². The van der Waals surface area contributed by atoms with E-state index >= 15 is 0 Å². The first-order valence-electron chi connectivity index (χ1n) is 6.73. The lowest BCUT2D eigenvalue weighted by Gasteiger charge is -2.20. The van der Waals surface area contributed by atoms with Crippen LogP contribution in [0.5, 0.6) is 0 Å². The summed E-state index contributed by atoms with van der Waals surface area (Å²) in [5.41, 5.74) is 3.07. The third-order valence-corrected chi connectivity index (χ3v) is 4.20. The minimum Gasteiger partial charge on any atom is -0.322 e. The van der Waals surface area contributed by atoms with Crippen LogP contribution in [0, 0.1) is 5.82 Å². The molecule has 1 aliphatic heterocycles. The monoisotopic (exact) mass is 348 g/mol. The van der Waals surface area contributed by atoms with Crippen molar-refractivity contribution in [1.82, 2.24) is 5.32 Å². The lowest BCUT2D eigenvalue weighted by atomic mass is 9.99. The predicted octanol–water partition coefficient (Wildman–Crippen LogP) is 3.49. The van der Waals surface area contributed by atoms with Crippen molar-refractivity contribution in [1.29, 1.82) is 0 Å². The van der Waals surface area contributed by atoms with Crippen molar-refractivity contribution in [3.63, 3.8) is 0 Å². The highest BCUT2D eigenvalue weighted by Crippen LogP contribution is 2.25. The van der Waals surface area contributed by atoms with Gasteiger partial charge in [0.2, 0.25) is 0 Å². The standard InChI is InChI=1S/C16H14BrFN2O/c17-13-5-2-4-11(15(13)18)16(21)20-14-6-1-3-10-7-8-19-9-12(10)14/h1-6,19H,7-9H2,(H,20,21). The highest BCUT2D eigenvalue weighted by Gasteiger charge is 2.17. The van der Waals surface area contributed by atoms with Crippen molar-refractivity contribution in [2.45, 2.75) is 13.0 Å². The summed E-state index contributed by atoms with van der Waals surface area (Å²) < 4.78 is 14.3. The van der Waals surface area contributed by atoms with E-state index in [1.54, 1.807) is 12.1 Å². The fourth-order valence-corrected chi connectivity index (χ4v) is 2.87. The predicted molar refractivity (Wildman–Crippen MR) is 83.9 cm³/mol. The molecule has 0 fully saturated rings. The highest BCUT2D eigenvalue weighted by atomic mass is 79.9. The molecule has 0 spiro atoms. The van der Waals surface area contributed by atoms with E-state index in [2.05, 4.69) is 32.6 Å². The fraction of sp³-hybridized carbons (Fsp3) is 0.188. The topological polar surface area (TPSA) is 41.1 Å². The third-order valence-electron chi connectivity index (χ3n) is 3.59. The molecule has 0 bridgehead atoms. The van der Waals surface area contributed by atoms with Crippen LogP contribution in [0.1, 0.15) is 21.5 Å². The van der Waals surface area contributed by atoms with Crippen molar-refractivity contribution in [2.75, 3.05) is 11.9 Å². The quantitative estimate of drug-likeness (QED) is 0.872. The Morgan fingerprint density at radius 1 is 1.24 bits per heavy atom. The number of halogens is 2. The fourth-order valence-electron chi connectivity index (χ4n) is 2.50. The summed E-state index contributed by atoms with van der Waals surface area (Å²) in [5, 5.41) is 6.10.